The fourth-order valence-electron chi connectivity index (χ4n) is 5.11. The molecule has 2 aromatic rings. The Morgan fingerprint density at radius 1 is 1.23 bits per heavy atom. The SMILES string of the molecule is CN=C(NCCc1c[nH]c2ccccc12)N1CC2C3CCC(O3)C2C1.I. The number of rotatable bonds is 3. The first-order valence-electron chi connectivity index (χ1n) is 9.49. The number of para-hydroxylation sites is 1. The van der Waals surface area contributed by atoms with Gasteiger partial charge in [0.05, 0.1) is 12.2 Å². The molecule has 3 aliphatic heterocycles. The van der Waals surface area contributed by atoms with Crippen LogP contribution in [0.4, 0.5) is 0 Å². The summed E-state index contributed by atoms with van der Waals surface area (Å²) in [7, 11) is 1.90. The van der Waals surface area contributed by atoms with E-state index in [0.717, 1.165) is 32.0 Å². The van der Waals surface area contributed by atoms with Crippen LogP contribution in [0.3, 0.4) is 0 Å². The van der Waals surface area contributed by atoms with Crippen LogP contribution in [0.25, 0.3) is 10.9 Å². The van der Waals surface area contributed by atoms with Crippen LogP contribution in [0.5, 0.6) is 0 Å². The van der Waals surface area contributed by atoms with Crippen LogP contribution in [-0.2, 0) is 11.2 Å². The first kappa shape index (κ1) is 18.1. The predicted molar refractivity (Wildman–Crippen MR) is 115 cm³/mol. The number of nitrogens with zero attached hydrogens (tertiary/aromatic N) is 2. The molecule has 0 saturated carbocycles. The van der Waals surface area contributed by atoms with E-state index >= 15 is 0 Å². The number of hydrogen-bond acceptors (Lipinski definition) is 2. The monoisotopic (exact) mass is 466 g/mol. The molecule has 2 bridgehead atoms. The van der Waals surface area contributed by atoms with Gasteiger partial charge in [0.25, 0.3) is 0 Å². The molecule has 26 heavy (non-hydrogen) atoms. The number of benzene rings is 1. The van der Waals surface area contributed by atoms with Gasteiger partial charge in [-0.15, -0.1) is 24.0 Å². The maximum Gasteiger partial charge on any atom is 0.193 e. The predicted octanol–water partition coefficient (Wildman–Crippen LogP) is 3.01. The second-order valence-corrected chi connectivity index (χ2v) is 7.61. The van der Waals surface area contributed by atoms with E-state index in [0.29, 0.717) is 24.0 Å². The lowest BCUT2D eigenvalue weighted by atomic mass is 9.82. The van der Waals surface area contributed by atoms with E-state index in [1.165, 1.54) is 29.3 Å². The van der Waals surface area contributed by atoms with Gasteiger partial charge in [0.15, 0.2) is 5.96 Å². The molecular formula is C20H27IN4O. The molecule has 140 valence electrons. The summed E-state index contributed by atoms with van der Waals surface area (Å²) < 4.78 is 6.08. The number of likely N-dealkylation sites (tertiary alicyclic amines) is 1. The Bertz CT molecular complexity index is 786. The molecule has 0 amide bonds. The van der Waals surface area contributed by atoms with Crippen molar-refractivity contribution in [3.8, 4) is 0 Å². The van der Waals surface area contributed by atoms with Crippen molar-refractivity contribution in [3.63, 3.8) is 0 Å². The first-order chi connectivity index (χ1) is 12.3. The molecule has 3 saturated heterocycles. The van der Waals surface area contributed by atoms with Crippen molar-refractivity contribution >= 4 is 40.8 Å². The standard InChI is InChI=1S/C20H26N4O.HI/c1-21-20(24-11-15-16(12-24)19-7-6-18(15)25-19)22-9-8-13-10-23-17-5-3-2-4-14(13)17;/h2-5,10,15-16,18-19,23H,6-9,11-12H2,1H3,(H,21,22);1H. The van der Waals surface area contributed by atoms with E-state index in [1.807, 2.05) is 7.05 Å². The highest BCUT2D eigenvalue weighted by Gasteiger charge is 2.53. The van der Waals surface area contributed by atoms with E-state index in [9.17, 15) is 0 Å². The molecule has 4 unspecified atom stereocenters. The summed E-state index contributed by atoms with van der Waals surface area (Å²) in [5, 5.41) is 4.90. The molecule has 0 aliphatic carbocycles. The Morgan fingerprint density at radius 2 is 1.96 bits per heavy atom. The minimum Gasteiger partial charge on any atom is -0.374 e. The van der Waals surface area contributed by atoms with Crippen LogP contribution in [0.15, 0.2) is 35.5 Å². The van der Waals surface area contributed by atoms with E-state index in [1.54, 1.807) is 0 Å². The molecule has 0 radical (unpaired) electrons. The van der Waals surface area contributed by atoms with Crippen LogP contribution < -0.4 is 5.32 Å². The summed E-state index contributed by atoms with van der Waals surface area (Å²) in [6, 6.07) is 8.49. The summed E-state index contributed by atoms with van der Waals surface area (Å²) in [6.07, 6.45) is 6.65. The minimum absolute atomic E-state index is 0. The minimum atomic E-state index is 0. The number of H-pyrrole nitrogens is 1. The molecular weight excluding hydrogens is 439 g/mol. The van der Waals surface area contributed by atoms with Gasteiger partial charge in [0.2, 0.25) is 0 Å². The number of hydrogen-bond donors (Lipinski definition) is 2. The largest absolute Gasteiger partial charge is 0.374 e. The molecule has 5 rings (SSSR count). The summed E-state index contributed by atoms with van der Waals surface area (Å²) in [6.45, 7) is 3.10. The van der Waals surface area contributed by atoms with Gasteiger partial charge in [0.1, 0.15) is 0 Å². The topological polar surface area (TPSA) is 52.7 Å². The van der Waals surface area contributed by atoms with Crippen LogP contribution in [0, 0.1) is 11.8 Å². The quantitative estimate of drug-likeness (QED) is 0.416. The smallest absolute Gasteiger partial charge is 0.193 e. The van der Waals surface area contributed by atoms with Crippen molar-refractivity contribution in [1.82, 2.24) is 15.2 Å². The maximum atomic E-state index is 6.08. The Balaban J connectivity index is 0.00000168. The third kappa shape index (κ3) is 3.01. The Hall–Kier alpha value is -1.28. The molecule has 3 aliphatic rings. The van der Waals surface area contributed by atoms with Crippen LogP contribution in [0.2, 0.25) is 0 Å². The lowest BCUT2D eigenvalue weighted by Gasteiger charge is -2.23. The van der Waals surface area contributed by atoms with Crippen molar-refractivity contribution in [3.05, 3.63) is 36.0 Å². The van der Waals surface area contributed by atoms with Gasteiger partial charge in [0, 0.05) is 55.6 Å². The Labute approximate surface area is 171 Å². The molecule has 2 N–H and O–H groups in total. The van der Waals surface area contributed by atoms with E-state index in [2.05, 4.69) is 50.7 Å². The number of aromatic amines is 1. The summed E-state index contributed by atoms with van der Waals surface area (Å²) in [4.78, 5) is 10.3. The van der Waals surface area contributed by atoms with E-state index < -0.39 is 0 Å². The number of nitrogens with one attached hydrogen (secondary N) is 2. The van der Waals surface area contributed by atoms with Gasteiger partial charge in [-0.25, -0.2) is 0 Å². The number of ether oxygens (including phenoxy) is 1. The maximum absolute atomic E-state index is 6.08. The fourth-order valence-corrected chi connectivity index (χ4v) is 5.11. The lowest BCUT2D eigenvalue weighted by molar-refractivity contribution is 0.0767. The zero-order chi connectivity index (χ0) is 16.8. The number of aliphatic imine (C=N–C) groups is 1. The van der Waals surface area contributed by atoms with Crippen LogP contribution in [-0.4, -0.2) is 54.7 Å². The van der Waals surface area contributed by atoms with Crippen molar-refractivity contribution in [2.24, 2.45) is 16.8 Å². The highest BCUT2D eigenvalue weighted by Crippen LogP contribution is 2.47. The second-order valence-electron chi connectivity index (χ2n) is 7.61. The molecule has 6 heteroatoms. The first-order valence-corrected chi connectivity index (χ1v) is 9.49. The number of halogens is 1. The molecule has 1 aromatic heterocycles. The zero-order valence-electron chi connectivity index (χ0n) is 15.1. The summed E-state index contributed by atoms with van der Waals surface area (Å²) >= 11 is 0. The highest BCUT2D eigenvalue weighted by atomic mass is 127. The Morgan fingerprint density at radius 3 is 2.69 bits per heavy atom. The summed E-state index contributed by atoms with van der Waals surface area (Å²) in [5.41, 5.74) is 2.58. The third-order valence-electron chi connectivity index (χ3n) is 6.32. The molecule has 1 aromatic carbocycles. The number of fused-ring (bicyclic) bond motifs is 6. The average Bonchev–Trinajstić information content (AvgIpc) is 3.39. The second kappa shape index (κ2) is 7.38. The van der Waals surface area contributed by atoms with Crippen molar-refractivity contribution in [2.45, 2.75) is 31.5 Å². The van der Waals surface area contributed by atoms with Crippen LogP contribution in [0.1, 0.15) is 18.4 Å². The molecule has 0 spiro atoms. The van der Waals surface area contributed by atoms with E-state index in [-0.39, 0.29) is 24.0 Å². The molecule has 4 heterocycles. The lowest BCUT2D eigenvalue weighted by Crippen LogP contribution is -2.42. The van der Waals surface area contributed by atoms with Gasteiger partial charge < -0.3 is 19.9 Å². The zero-order valence-corrected chi connectivity index (χ0v) is 17.5. The van der Waals surface area contributed by atoms with Crippen LogP contribution >= 0.6 is 24.0 Å². The normalized spacial score (nSPS) is 29.9. The fraction of sp³-hybridized carbons (Fsp3) is 0.550. The van der Waals surface area contributed by atoms with Crippen molar-refractivity contribution in [1.29, 1.82) is 0 Å². The summed E-state index contributed by atoms with van der Waals surface area (Å²) in [5.74, 6) is 2.48. The van der Waals surface area contributed by atoms with Gasteiger partial charge in [-0.3, -0.25) is 4.99 Å². The van der Waals surface area contributed by atoms with Crippen molar-refractivity contribution in [2.75, 3.05) is 26.7 Å². The third-order valence-corrected chi connectivity index (χ3v) is 6.32. The van der Waals surface area contributed by atoms with Gasteiger partial charge in [-0.05, 0) is 30.9 Å². The van der Waals surface area contributed by atoms with Gasteiger partial charge in [-0.1, -0.05) is 18.2 Å². The van der Waals surface area contributed by atoms with Gasteiger partial charge in [-0.2, -0.15) is 0 Å². The van der Waals surface area contributed by atoms with Gasteiger partial charge >= 0.3 is 0 Å². The molecule has 5 nitrogen and oxygen atoms in total. The molecule has 4 atom stereocenters. The van der Waals surface area contributed by atoms with Crippen molar-refractivity contribution < 1.29 is 4.74 Å². The molecule has 3 fully saturated rings. The highest BCUT2D eigenvalue weighted by molar-refractivity contribution is 14.0. The number of aromatic nitrogens is 1. The van der Waals surface area contributed by atoms with E-state index in [4.69, 9.17) is 4.74 Å². The average molecular weight is 466 g/mol. The number of guanidine groups is 1. The Kier molecular flexibility index (Phi) is 5.14.